The number of aromatic carboxylic acids is 1. The Morgan fingerprint density at radius 1 is 1.07 bits per heavy atom. The van der Waals surface area contributed by atoms with Gasteiger partial charge in [0.1, 0.15) is 28.5 Å². The van der Waals surface area contributed by atoms with Gasteiger partial charge in [-0.25, -0.2) is 9.78 Å². The maximum absolute atomic E-state index is 13.7. The van der Waals surface area contributed by atoms with E-state index in [1.54, 1.807) is 25.1 Å². The standard InChI is InChI=1S/C30H29ClN4O6/c1-13-11-20(41-15(13)3)26(30(4,5)6)34-23-22(24(36)25(23)37)33-19-10-9-18(31)17-12-35(28(38)21(17)19)27-16(29(39)40)8-7-14(2)32-27/h7-11,26,33-34H,12H2,1-6H3,(H,39,40)/t26-/m0/s1. The fourth-order valence-electron chi connectivity index (χ4n) is 4.96. The summed E-state index contributed by atoms with van der Waals surface area (Å²) in [6.07, 6.45) is 0. The Kier molecular flexibility index (Phi) is 6.77. The highest BCUT2D eigenvalue weighted by molar-refractivity contribution is 6.33. The molecule has 0 bridgehead atoms. The minimum atomic E-state index is -1.23. The SMILES string of the molecule is Cc1ccc(C(=O)O)c(N2Cc3c(Cl)ccc(Nc4c(N[C@@H](c5cc(C)c(C)o5)C(C)(C)C)c(=O)c4=O)c3C2=O)n1. The summed E-state index contributed by atoms with van der Waals surface area (Å²) in [6.45, 7) is 11.4. The molecule has 0 saturated heterocycles. The maximum Gasteiger partial charge on any atom is 0.339 e. The van der Waals surface area contributed by atoms with Gasteiger partial charge in [-0.05, 0) is 62.1 Å². The molecule has 0 unspecified atom stereocenters. The second kappa shape index (κ2) is 9.88. The highest BCUT2D eigenvalue weighted by Gasteiger charge is 2.37. The number of fused-ring (bicyclic) bond motifs is 1. The van der Waals surface area contributed by atoms with E-state index >= 15 is 0 Å². The van der Waals surface area contributed by atoms with Gasteiger partial charge in [-0.15, -0.1) is 0 Å². The Labute approximate surface area is 240 Å². The van der Waals surface area contributed by atoms with Crippen molar-refractivity contribution in [2.75, 3.05) is 15.5 Å². The van der Waals surface area contributed by atoms with E-state index in [9.17, 15) is 24.3 Å². The fraction of sp³-hybridized carbons (Fsp3) is 0.300. The number of halogens is 1. The molecule has 3 N–H and O–H groups in total. The Morgan fingerprint density at radius 3 is 2.37 bits per heavy atom. The van der Waals surface area contributed by atoms with Crippen LogP contribution >= 0.6 is 11.6 Å². The molecule has 3 heterocycles. The van der Waals surface area contributed by atoms with Gasteiger partial charge in [0.05, 0.1) is 23.8 Å². The molecular formula is C30H29ClN4O6. The Bertz CT molecular complexity index is 1790. The van der Waals surface area contributed by atoms with E-state index < -0.39 is 34.2 Å². The first-order chi connectivity index (χ1) is 19.2. The predicted molar refractivity (Wildman–Crippen MR) is 157 cm³/mol. The van der Waals surface area contributed by atoms with Crippen LogP contribution in [0, 0.1) is 26.2 Å². The van der Waals surface area contributed by atoms with E-state index in [1.807, 2.05) is 40.7 Å². The molecule has 4 aromatic rings. The van der Waals surface area contributed by atoms with Crippen molar-refractivity contribution in [1.29, 1.82) is 0 Å². The zero-order valence-electron chi connectivity index (χ0n) is 23.4. The summed E-state index contributed by atoms with van der Waals surface area (Å²) in [7, 11) is 0. The molecule has 2 aromatic carbocycles. The first-order valence-electron chi connectivity index (χ1n) is 13.0. The molecule has 0 saturated carbocycles. The molecule has 5 rings (SSSR count). The first kappa shape index (κ1) is 28.1. The number of pyridine rings is 1. The van der Waals surface area contributed by atoms with Gasteiger partial charge >= 0.3 is 5.97 Å². The highest BCUT2D eigenvalue weighted by atomic mass is 35.5. The molecule has 1 aliphatic heterocycles. The molecule has 41 heavy (non-hydrogen) atoms. The van der Waals surface area contributed by atoms with Gasteiger partial charge in [-0.3, -0.25) is 19.3 Å². The lowest BCUT2D eigenvalue weighted by Crippen LogP contribution is -2.39. The molecule has 0 fully saturated rings. The number of aryl methyl sites for hydroxylation is 3. The lowest BCUT2D eigenvalue weighted by Gasteiger charge is -2.31. The highest BCUT2D eigenvalue weighted by Crippen LogP contribution is 2.41. The van der Waals surface area contributed by atoms with Gasteiger partial charge in [0.2, 0.25) is 0 Å². The van der Waals surface area contributed by atoms with E-state index in [0.29, 0.717) is 22.0 Å². The van der Waals surface area contributed by atoms with Gasteiger partial charge in [0, 0.05) is 16.3 Å². The van der Waals surface area contributed by atoms with Crippen LogP contribution in [0.4, 0.5) is 22.9 Å². The second-order valence-corrected chi connectivity index (χ2v) is 11.7. The number of amides is 1. The molecule has 212 valence electrons. The van der Waals surface area contributed by atoms with Crippen LogP contribution < -0.4 is 26.4 Å². The summed E-state index contributed by atoms with van der Waals surface area (Å²) in [5, 5.41) is 16.2. The third-order valence-corrected chi connectivity index (χ3v) is 7.68. The second-order valence-electron chi connectivity index (χ2n) is 11.3. The maximum atomic E-state index is 13.7. The largest absolute Gasteiger partial charge is 0.478 e. The number of anilines is 4. The molecule has 1 aliphatic rings. The number of nitrogens with one attached hydrogen (secondary N) is 2. The van der Waals surface area contributed by atoms with Crippen molar-refractivity contribution in [3.63, 3.8) is 0 Å². The predicted octanol–water partition coefficient (Wildman–Crippen LogP) is 5.65. The number of nitrogens with zero attached hydrogens (tertiary/aromatic N) is 2. The van der Waals surface area contributed by atoms with Crippen LogP contribution in [0.5, 0.6) is 0 Å². The average molecular weight is 577 g/mol. The quantitative estimate of drug-likeness (QED) is 0.238. The minimum absolute atomic E-state index is 0.00533. The molecule has 1 amide bonds. The summed E-state index contributed by atoms with van der Waals surface area (Å²) in [5.41, 5.74) is 0.532. The number of benzene rings is 1. The zero-order chi connectivity index (χ0) is 30.0. The van der Waals surface area contributed by atoms with Crippen LogP contribution in [-0.4, -0.2) is 22.0 Å². The number of furan rings is 1. The molecule has 0 radical (unpaired) electrons. The number of carboxylic acids is 1. The number of aromatic nitrogens is 1. The van der Waals surface area contributed by atoms with E-state index in [2.05, 4.69) is 15.6 Å². The van der Waals surface area contributed by atoms with E-state index in [4.69, 9.17) is 16.0 Å². The Balaban J connectivity index is 1.52. The van der Waals surface area contributed by atoms with Gasteiger partial charge in [-0.2, -0.15) is 0 Å². The van der Waals surface area contributed by atoms with Crippen molar-refractivity contribution in [2.24, 2.45) is 5.41 Å². The molecule has 0 spiro atoms. The number of hydrogen-bond acceptors (Lipinski definition) is 8. The molecule has 0 aliphatic carbocycles. The Morgan fingerprint density at radius 2 is 1.76 bits per heavy atom. The van der Waals surface area contributed by atoms with Crippen LogP contribution in [0.1, 0.15) is 75.9 Å². The van der Waals surface area contributed by atoms with Crippen molar-refractivity contribution in [3.8, 4) is 0 Å². The lowest BCUT2D eigenvalue weighted by molar-refractivity contribution is 0.0697. The number of carboxylic acid groups (broad SMARTS) is 1. The van der Waals surface area contributed by atoms with Crippen LogP contribution in [0.15, 0.2) is 44.3 Å². The van der Waals surface area contributed by atoms with E-state index in [1.165, 1.54) is 11.0 Å². The van der Waals surface area contributed by atoms with E-state index in [0.717, 1.165) is 11.3 Å². The smallest absolute Gasteiger partial charge is 0.339 e. The van der Waals surface area contributed by atoms with Gasteiger partial charge in [0.25, 0.3) is 16.8 Å². The monoisotopic (exact) mass is 576 g/mol. The van der Waals surface area contributed by atoms with Crippen LogP contribution in [0.2, 0.25) is 5.02 Å². The summed E-state index contributed by atoms with van der Waals surface area (Å²) in [4.78, 5) is 56.6. The zero-order valence-corrected chi connectivity index (χ0v) is 24.2. The van der Waals surface area contributed by atoms with Crippen LogP contribution in [-0.2, 0) is 6.54 Å². The summed E-state index contributed by atoms with van der Waals surface area (Å²) < 4.78 is 5.95. The number of rotatable bonds is 7. The summed E-state index contributed by atoms with van der Waals surface area (Å²) >= 11 is 6.46. The minimum Gasteiger partial charge on any atom is -0.478 e. The number of carbonyl (C=O) groups is 2. The lowest BCUT2D eigenvalue weighted by atomic mass is 9.84. The third kappa shape index (κ3) is 4.78. The summed E-state index contributed by atoms with van der Waals surface area (Å²) in [5.74, 6) is -0.379. The molecule has 1 atom stereocenters. The fourth-order valence-corrected chi connectivity index (χ4v) is 5.18. The average Bonchev–Trinajstić information content (AvgIpc) is 3.42. The number of carbonyl (C=O) groups excluding carboxylic acids is 1. The van der Waals surface area contributed by atoms with Crippen molar-refractivity contribution in [3.05, 3.63) is 95.3 Å². The normalized spacial score (nSPS) is 13.9. The molecule has 11 heteroatoms. The van der Waals surface area contributed by atoms with Gasteiger partial charge < -0.3 is 20.2 Å². The van der Waals surface area contributed by atoms with Crippen LogP contribution in [0.25, 0.3) is 0 Å². The van der Waals surface area contributed by atoms with Gasteiger partial charge in [0.15, 0.2) is 5.82 Å². The third-order valence-electron chi connectivity index (χ3n) is 7.33. The molecular weight excluding hydrogens is 548 g/mol. The summed E-state index contributed by atoms with van der Waals surface area (Å²) in [6, 6.07) is 7.54. The Hall–Kier alpha value is -4.44. The van der Waals surface area contributed by atoms with Crippen LogP contribution in [0.3, 0.4) is 0 Å². The topological polar surface area (TPSA) is 142 Å². The number of hydrogen-bond donors (Lipinski definition) is 3. The van der Waals surface area contributed by atoms with Crippen molar-refractivity contribution in [2.45, 2.75) is 54.1 Å². The van der Waals surface area contributed by atoms with Crippen molar-refractivity contribution >= 4 is 46.4 Å². The van der Waals surface area contributed by atoms with Crippen molar-refractivity contribution in [1.82, 2.24) is 4.98 Å². The van der Waals surface area contributed by atoms with Gasteiger partial charge in [-0.1, -0.05) is 32.4 Å². The first-order valence-corrected chi connectivity index (χ1v) is 13.3. The molecule has 10 nitrogen and oxygen atoms in total. The molecule has 2 aromatic heterocycles. The van der Waals surface area contributed by atoms with Crippen molar-refractivity contribution < 1.29 is 19.1 Å². The van der Waals surface area contributed by atoms with E-state index in [-0.39, 0.29) is 40.6 Å².